The Morgan fingerprint density at radius 3 is 2.35 bits per heavy atom. The second-order valence-corrected chi connectivity index (χ2v) is 4.21. The Labute approximate surface area is 116 Å². The molecule has 0 atom stereocenters. The highest BCUT2D eigenvalue weighted by atomic mass is 16.6. The van der Waals surface area contributed by atoms with Crippen LogP contribution in [-0.4, -0.2) is 4.92 Å². The van der Waals surface area contributed by atoms with Crippen molar-refractivity contribution >= 4 is 5.69 Å². The lowest BCUT2D eigenvalue weighted by atomic mass is 10.1. The average molecular weight is 262 g/mol. The van der Waals surface area contributed by atoms with E-state index < -0.39 is 4.92 Å². The van der Waals surface area contributed by atoms with Crippen molar-refractivity contribution in [3.8, 4) is 17.9 Å². The second-order valence-electron chi connectivity index (χ2n) is 4.21. The Morgan fingerprint density at radius 1 is 1.05 bits per heavy atom. The Kier molecular flexibility index (Phi) is 3.79. The lowest BCUT2D eigenvalue weighted by Gasteiger charge is -1.96. The van der Waals surface area contributed by atoms with Crippen LogP contribution < -0.4 is 0 Å². The van der Waals surface area contributed by atoms with E-state index in [1.54, 1.807) is 0 Å². The van der Waals surface area contributed by atoms with Crippen molar-refractivity contribution < 1.29 is 4.92 Å². The number of benzene rings is 2. The summed E-state index contributed by atoms with van der Waals surface area (Å²) in [6, 6.07) is 13.7. The van der Waals surface area contributed by atoms with Crippen LogP contribution in [0.25, 0.3) is 0 Å². The minimum atomic E-state index is -0.530. The fraction of sp³-hybridized carbons (Fsp3) is 0.0625. The molecule has 0 N–H and O–H groups in total. The van der Waals surface area contributed by atoms with Crippen molar-refractivity contribution in [1.29, 1.82) is 5.26 Å². The number of rotatable bonds is 1. The molecule has 0 spiro atoms. The number of non-ortho nitro benzene ring substituents is 1. The summed E-state index contributed by atoms with van der Waals surface area (Å²) in [6.45, 7) is 1.99. The summed E-state index contributed by atoms with van der Waals surface area (Å²) < 4.78 is 0. The normalized spacial score (nSPS) is 9.20. The molecule has 20 heavy (non-hydrogen) atoms. The molecule has 0 saturated heterocycles. The Hall–Kier alpha value is -3.11. The third-order valence-corrected chi connectivity index (χ3v) is 2.73. The van der Waals surface area contributed by atoms with Crippen LogP contribution in [0.5, 0.6) is 0 Å². The first kappa shape index (κ1) is 13.3. The Bertz CT molecular complexity index is 760. The number of nitrogens with zero attached hydrogens (tertiary/aromatic N) is 2. The number of nitro benzene ring substituents is 1. The summed E-state index contributed by atoms with van der Waals surface area (Å²) >= 11 is 0. The highest BCUT2D eigenvalue weighted by Gasteiger charge is 2.08. The Balaban J connectivity index is 2.38. The maximum atomic E-state index is 10.7. The van der Waals surface area contributed by atoms with Gasteiger partial charge in [0.05, 0.1) is 10.5 Å². The van der Waals surface area contributed by atoms with Gasteiger partial charge in [0.1, 0.15) is 6.07 Å². The van der Waals surface area contributed by atoms with Crippen molar-refractivity contribution in [1.82, 2.24) is 0 Å². The third kappa shape index (κ3) is 3.01. The molecule has 0 radical (unpaired) electrons. The van der Waals surface area contributed by atoms with Crippen molar-refractivity contribution in [2.45, 2.75) is 6.92 Å². The van der Waals surface area contributed by atoms with Gasteiger partial charge in [-0.05, 0) is 25.1 Å². The zero-order valence-corrected chi connectivity index (χ0v) is 10.8. The summed E-state index contributed by atoms with van der Waals surface area (Å²) in [5.74, 6) is 5.81. The van der Waals surface area contributed by atoms with Crippen LogP contribution in [0.3, 0.4) is 0 Å². The molecule has 96 valence electrons. The van der Waals surface area contributed by atoms with Crippen molar-refractivity contribution in [3.05, 3.63) is 74.8 Å². The second kappa shape index (κ2) is 5.69. The predicted molar refractivity (Wildman–Crippen MR) is 75.0 cm³/mol. The lowest BCUT2D eigenvalue weighted by molar-refractivity contribution is -0.384. The molecule has 0 fully saturated rings. The smallest absolute Gasteiger partial charge is 0.258 e. The van der Waals surface area contributed by atoms with E-state index in [-0.39, 0.29) is 11.3 Å². The van der Waals surface area contributed by atoms with Crippen LogP contribution >= 0.6 is 0 Å². The van der Waals surface area contributed by atoms with Crippen LogP contribution in [0.1, 0.15) is 22.3 Å². The number of hydrogen-bond acceptors (Lipinski definition) is 3. The van der Waals surface area contributed by atoms with E-state index in [0.29, 0.717) is 5.56 Å². The van der Waals surface area contributed by atoms with E-state index >= 15 is 0 Å². The molecule has 2 aromatic carbocycles. The molecule has 0 saturated carbocycles. The number of nitro groups is 1. The fourth-order valence-electron chi connectivity index (χ4n) is 1.62. The molecule has 0 aliphatic rings. The van der Waals surface area contributed by atoms with Gasteiger partial charge in [0.15, 0.2) is 0 Å². The van der Waals surface area contributed by atoms with E-state index in [1.165, 1.54) is 18.2 Å². The number of hydrogen-bond donors (Lipinski definition) is 0. The van der Waals surface area contributed by atoms with Crippen LogP contribution in [0.15, 0.2) is 42.5 Å². The van der Waals surface area contributed by atoms with Gasteiger partial charge in [-0.25, -0.2) is 0 Å². The lowest BCUT2D eigenvalue weighted by Crippen LogP contribution is -1.91. The van der Waals surface area contributed by atoms with Crippen molar-refractivity contribution in [3.63, 3.8) is 0 Å². The monoisotopic (exact) mass is 262 g/mol. The van der Waals surface area contributed by atoms with E-state index in [4.69, 9.17) is 5.26 Å². The van der Waals surface area contributed by atoms with Gasteiger partial charge in [0.25, 0.3) is 5.69 Å². The fourth-order valence-corrected chi connectivity index (χ4v) is 1.62. The molecule has 0 unspecified atom stereocenters. The van der Waals surface area contributed by atoms with Gasteiger partial charge in [-0.1, -0.05) is 29.5 Å². The summed E-state index contributed by atoms with van der Waals surface area (Å²) in [5, 5.41) is 19.7. The van der Waals surface area contributed by atoms with E-state index in [9.17, 15) is 10.1 Å². The minimum absolute atomic E-state index is 0.109. The SMILES string of the molecule is Cc1ccc(C#Cc2ccc([N+](=O)[O-])cc2C#N)cc1. The quantitative estimate of drug-likeness (QED) is 0.450. The largest absolute Gasteiger partial charge is 0.270 e. The van der Waals surface area contributed by atoms with Crippen molar-refractivity contribution in [2.24, 2.45) is 0 Å². The van der Waals surface area contributed by atoms with Crippen molar-refractivity contribution in [2.75, 3.05) is 0 Å². The maximum absolute atomic E-state index is 10.7. The van der Waals surface area contributed by atoms with Gasteiger partial charge >= 0.3 is 0 Å². The highest BCUT2D eigenvalue weighted by molar-refractivity contribution is 5.55. The first-order chi connectivity index (χ1) is 9.60. The molecule has 2 rings (SSSR count). The average Bonchev–Trinajstić information content (AvgIpc) is 2.46. The summed E-state index contributed by atoms with van der Waals surface area (Å²) in [4.78, 5) is 10.1. The zero-order valence-electron chi connectivity index (χ0n) is 10.8. The van der Waals surface area contributed by atoms with E-state index in [1.807, 2.05) is 37.3 Å². The van der Waals surface area contributed by atoms with Gasteiger partial charge in [0.2, 0.25) is 0 Å². The molecule has 0 aliphatic heterocycles. The third-order valence-electron chi connectivity index (χ3n) is 2.73. The maximum Gasteiger partial charge on any atom is 0.270 e. The topological polar surface area (TPSA) is 66.9 Å². The first-order valence-electron chi connectivity index (χ1n) is 5.87. The van der Waals surface area contributed by atoms with E-state index in [2.05, 4.69) is 11.8 Å². The van der Waals surface area contributed by atoms with E-state index in [0.717, 1.165) is 11.1 Å². The highest BCUT2D eigenvalue weighted by Crippen LogP contribution is 2.16. The molecule has 0 aliphatic carbocycles. The molecular weight excluding hydrogens is 252 g/mol. The number of aryl methyl sites for hydroxylation is 1. The standard InChI is InChI=1S/C16H10N2O2/c1-12-2-4-13(5-3-12)6-7-14-8-9-16(18(19)20)10-15(14)11-17/h2-5,8-10H,1H3. The first-order valence-corrected chi connectivity index (χ1v) is 5.87. The Morgan fingerprint density at radius 2 is 1.75 bits per heavy atom. The predicted octanol–water partition coefficient (Wildman–Crippen LogP) is 3.17. The van der Waals surface area contributed by atoms with Gasteiger partial charge in [-0.2, -0.15) is 5.26 Å². The van der Waals surface area contributed by atoms with Gasteiger partial charge in [-0.15, -0.1) is 0 Å². The number of nitriles is 1. The van der Waals surface area contributed by atoms with Crippen LogP contribution in [0, 0.1) is 40.2 Å². The summed E-state index contributed by atoms with van der Waals surface area (Å²) in [6.07, 6.45) is 0. The summed E-state index contributed by atoms with van der Waals surface area (Å²) in [5.41, 5.74) is 2.56. The molecule has 0 heterocycles. The molecule has 0 amide bonds. The molecular formula is C16H10N2O2. The molecule has 4 nitrogen and oxygen atoms in total. The molecule has 4 heteroatoms. The molecule has 2 aromatic rings. The van der Waals surface area contributed by atoms with Crippen LogP contribution in [-0.2, 0) is 0 Å². The minimum Gasteiger partial charge on any atom is -0.258 e. The van der Waals surface area contributed by atoms with Gasteiger partial charge in [0, 0.05) is 23.3 Å². The summed E-state index contributed by atoms with van der Waals surface area (Å²) in [7, 11) is 0. The van der Waals surface area contributed by atoms with Crippen LogP contribution in [0.2, 0.25) is 0 Å². The molecule has 0 bridgehead atoms. The van der Waals surface area contributed by atoms with Gasteiger partial charge < -0.3 is 0 Å². The van der Waals surface area contributed by atoms with Crippen LogP contribution in [0.4, 0.5) is 5.69 Å². The zero-order chi connectivity index (χ0) is 14.5. The van der Waals surface area contributed by atoms with Gasteiger partial charge in [-0.3, -0.25) is 10.1 Å². The molecule has 0 aromatic heterocycles.